The predicted octanol–water partition coefficient (Wildman–Crippen LogP) is 3.83. The minimum Gasteiger partial charge on any atom is -0.449 e. The smallest absolute Gasteiger partial charge is 0.331 e. The molecule has 7 nitrogen and oxygen atoms in total. The van der Waals surface area contributed by atoms with Crippen LogP contribution in [-0.4, -0.2) is 22.9 Å². The molecule has 0 fully saturated rings. The van der Waals surface area contributed by atoms with Crippen LogP contribution < -0.4 is 5.32 Å². The molecule has 26 heavy (non-hydrogen) atoms. The molecule has 0 aromatic heterocycles. The zero-order valence-electron chi connectivity index (χ0n) is 13.7. The zero-order valence-corrected chi connectivity index (χ0v) is 14.5. The Labute approximate surface area is 154 Å². The van der Waals surface area contributed by atoms with Gasteiger partial charge in [-0.3, -0.25) is 14.9 Å². The van der Waals surface area contributed by atoms with Gasteiger partial charge in [-0.1, -0.05) is 35.9 Å². The van der Waals surface area contributed by atoms with Crippen molar-refractivity contribution >= 4 is 40.9 Å². The number of nitrogens with one attached hydrogen (secondary N) is 1. The fourth-order valence-corrected chi connectivity index (χ4v) is 2.15. The number of carbonyl (C=O) groups is 2. The number of nitro benzene ring substituents is 1. The lowest BCUT2D eigenvalue weighted by Crippen LogP contribution is -2.29. The van der Waals surface area contributed by atoms with E-state index in [0.29, 0.717) is 16.3 Å². The molecule has 0 aliphatic heterocycles. The van der Waals surface area contributed by atoms with E-state index in [4.69, 9.17) is 16.3 Å². The Kier molecular flexibility index (Phi) is 6.46. The van der Waals surface area contributed by atoms with E-state index >= 15 is 0 Å². The number of ether oxygens (including phenoxy) is 1. The molecule has 1 N–H and O–H groups in total. The van der Waals surface area contributed by atoms with Crippen LogP contribution in [0.5, 0.6) is 0 Å². The molecule has 1 atom stereocenters. The van der Waals surface area contributed by atoms with Crippen molar-refractivity contribution in [3.63, 3.8) is 0 Å². The van der Waals surface area contributed by atoms with Crippen molar-refractivity contribution < 1.29 is 19.2 Å². The third-order valence-corrected chi connectivity index (χ3v) is 3.62. The summed E-state index contributed by atoms with van der Waals surface area (Å²) < 4.78 is 5.01. The zero-order chi connectivity index (χ0) is 19.1. The second-order valence-corrected chi connectivity index (χ2v) is 5.64. The predicted molar refractivity (Wildman–Crippen MR) is 97.8 cm³/mol. The number of para-hydroxylation sites is 1. The van der Waals surface area contributed by atoms with Crippen LogP contribution in [-0.2, 0) is 14.3 Å². The average molecular weight is 375 g/mol. The number of rotatable bonds is 6. The number of benzene rings is 2. The molecule has 0 heterocycles. The van der Waals surface area contributed by atoms with Crippen molar-refractivity contribution in [2.45, 2.75) is 13.0 Å². The molecule has 0 bridgehead atoms. The third kappa shape index (κ3) is 5.42. The van der Waals surface area contributed by atoms with Crippen LogP contribution in [0.15, 0.2) is 54.6 Å². The number of nitro groups is 1. The first-order chi connectivity index (χ1) is 12.4. The summed E-state index contributed by atoms with van der Waals surface area (Å²) in [5.41, 5.74) is 0.784. The summed E-state index contributed by atoms with van der Waals surface area (Å²) in [7, 11) is 0. The van der Waals surface area contributed by atoms with Gasteiger partial charge in [0.2, 0.25) is 0 Å². The maximum atomic E-state index is 12.0. The topological polar surface area (TPSA) is 98.5 Å². The van der Waals surface area contributed by atoms with Crippen molar-refractivity contribution in [3.05, 3.63) is 75.3 Å². The van der Waals surface area contributed by atoms with Crippen molar-refractivity contribution in [3.8, 4) is 0 Å². The summed E-state index contributed by atoms with van der Waals surface area (Å²) >= 11 is 5.95. The number of esters is 1. The summed E-state index contributed by atoms with van der Waals surface area (Å²) in [4.78, 5) is 34.1. The highest BCUT2D eigenvalue weighted by molar-refractivity contribution is 6.33. The molecule has 0 saturated carbocycles. The molecule has 1 amide bonds. The number of nitrogens with zero attached hydrogens (tertiary/aromatic N) is 1. The van der Waals surface area contributed by atoms with E-state index in [2.05, 4.69) is 5.32 Å². The van der Waals surface area contributed by atoms with Crippen molar-refractivity contribution in [2.75, 3.05) is 5.32 Å². The van der Waals surface area contributed by atoms with Gasteiger partial charge >= 0.3 is 5.97 Å². The molecule has 134 valence electrons. The monoisotopic (exact) mass is 374 g/mol. The van der Waals surface area contributed by atoms with Crippen LogP contribution in [0.1, 0.15) is 12.5 Å². The number of hydrogen-bond donors (Lipinski definition) is 1. The van der Waals surface area contributed by atoms with E-state index in [1.54, 1.807) is 30.3 Å². The molecule has 2 aromatic carbocycles. The van der Waals surface area contributed by atoms with Gasteiger partial charge in [-0.15, -0.1) is 0 Å². The molecular weight excluding hydrogens is 360 g/mol. The van der Waals surface area contributed by atoms with Gasteiger partial charge in [0.1, 0.15) is 0 Å². The quantitative estimate of drug-likeness (QED) is 0.358. The van der Waals surface area contributed by atoms with Crippen LogP contribution in [0.4, 0.5) is 11.4 Å². The second kappa shape index (κ2) is 8.77. The van der Waals surface area contributed by atoms with Crippen LogP contribution in [0.25, 0.3) is 6.08 Å². The molecule has 8 heteroatoms. The average Bonchev–Trinajstić information content (AvgIpc) is 2.62. The lowest BCUT2D eigenvalue weighted by atomic mass is 10.2. The molecular formula is C18H15ClN2O5. The summed E-state index contributed by atoms with van der Waals surface area (Å²) in [6, 6.07) is 12.4. The molecule has 0 saturated heterocycles. The SMILES string of the molecule is CC(OC(=O)/C=C/c1cccc([N+](=O)[O-])c1)C(=O)Nc1ccccc1Cl. The maximum Gasteiger partial charge on any atom is 0.331 e. The summed E-state index contributed by atoms with van der Waals surface area (Å²) in [5, 5.41) is 13.6. The highest BCUT2D eigenvalue weighted by Gasteiger charge is 2.17. The van der Waals surface area contributed by atoms with Gasteiger partial charge in [0.25, 0.3) is 11.6 Å². The van der Waals surface area contributed by atoms with E-state index in [9.17, 15) is 19.7 Å². The van der Waals surface area contributed by atoms with Crippen LogP contribution >= 0.6 is 11.6 Å². The number of amides is 1. The van der Waals surface area contributed by atoms with Gasteiger partial charge in [-0.25, -0.2) is 4.79 Å². The maximum absolute atomic E-state index is 12.0. The molecule has 1 unspecified atom stereocenters. The van der Waals surface area contributed by atoms with Crippen molar-refractivity contribution in [2.24, 2.45) is 0 Å². The lowest BCUT2D eigenvalue weighted by molar-refractivity contribution is -0.384. The molecule has 2 rings (SSSR count). The largest absolute Gasteiger partial charge is 0.449 e. The molecule has 0 aliphatic carbocycles. The van der Waals surface area contributed by atoms with E-state index in [1.165, 1.54) is 31.2 Å². The molecule has 0 aliphatic rings. The Balaban J connectivity index is 1.94. The van der Waals surface area contributed by atoms with Gasteiger partial charge in [-0.05, 0) is 30.7 Å². The fraction of sp³-hybridized carbons (Fsp3) is 0.111. The second-order valence-electron chi connectivity index (χ2n) is 5.23. The molecule has 0 spiro atoms. The summed E-state index contributed by atoms with van der Waals surface area (Å²) in [6.45, 7) is 1.42. The lowest BCUT2D eigenvalue weighted by Gasteiger charge is -2.13. The highest BCUT2D eigenvalue weighted by atomic mass is 35.5. The van der Waals surface area contributed by atoms with Gasteiger partial charge in [-0.2, -0.15) is 0 Å². The van der Waals surface area contributed by atoms with E-state index in [1.807, 2.05) is 0 Å². The van der Waals surface area contributed by atoms with Gasteiger partial charge in [0, 0.05) is 18.2 Å². The number of anilines is 1. The highest BCUT2D eigenvalue weighted by Crippen LogP contribution is 2.20. The Morgan fingerprint density at radius 1 is 1.23 bits per heavy atom. The molecule has 2 aromatic rings. The van der Waals surface area contributed by atoms with Crippen LogP contribution in [0.2, 0.25) is 5.02 Å². The van der Waals surface area contributed by atoms with Gasteiger partial charge in [0.15, 0.2) is 6.10 Å². The third-order valence-electron chi connectivity index (χ3n) is 3.29. The first-order valence-corrected chi connectivity index (χ1v) is 7.93. The van der Waals surface area contributed by atoms with E-state index in [-0.39, 0.29) is 5.69 Å². The Morgan fingerprint density at radius 3 is 2.65 bits per heavy atom. The summed E-state index contributed by atoms with van der Waals surface area (Å²) in [5.74, 6) is -1.28. The minimum atomic E-state index is -1.05. The Bertz CT molecular complexity index is 866. The minimum absolute atomic E-state index is 0.0898. The van der Waals surface area contributed by atoms with Gasteiger partial charge in [0.05, 0.1) is 15.6 Å². The fourth-order valence-electron chi connectivity index (χ4n) is 1.97. The summed E-state index contributed by atoms with van der Waals surface area (Å²) in [6.07, 6.45) is 1.42. The normalized spacial score (nSPS) is 11.8. The van der Waals surface area contributed by atoms with E-state index in [0.717, 1.165) is 6.08 Å². The first-order valence-electron chi connectivity index (χ1n) is 7.55. The van der Waals surface area contributed by atoms with Crippen LogP contribution in [0.3, 0.4) is 0 Å². The Hall–Kier alpha value is -3.19. The molecule has 0 radical (unpaired) electrons. The van der Waals surface area contributed by atoms with Crippen LogP contribution in [0, 0.1) is 10.1 Å². The Morgan fingerprint density at radius 2 is 1.96 bits per heavy atom. The standard InChI is InChI=1S/C18H15ClN2O5/c1-12(18(23)20-16-8-3-2-7-15(16)19)26-17(22)10-9-13-5-4-6-14(11-13)21(24)25/h2-12H,1H3,(H,20,23)/b10-9+. The number of halogens is 1. The number of carbonyl (C=O) groups excluding carboxylic acids is 2. The van der Waals surface area contributed by atoms with Gasteiger partial charge < -0.3 is 10.1 Å². The van der Waals surface area contributed by atoms with E-state index < -0.39 is 22.9 Å². The number of non-ortho nitro benzene ring substituents is 1. The number of hydrogen-bond acceptors (Lipinski definition) is 5. The first kappa shape index (κ1) is 19.1. The van der Waals surface area contributed by atoms with Crippen molar-refractivity contribution in [1.82, 2.24) is 0 Å². The van der Waals surface area contributed by atoms with Crippen molar-refractivity contribution in [1.29, 1.82) is 0 Å².